The van der Waals surface area contributed by atoms with Crippen LogP contribution in [0.25, 0.3) is 72.5 Å². The van der Waals surface area contributed by atoms with E-state index in [0.29, 0.717) is 5.95 Å². The molecular weight excluding hydrogens is 835 g/mol. The van der Waals surface area contributed by atoms with Crippen LogP contribution in [0.2, 0.25) is 0 Å². The molecule has 0 spiro atoms. The minimum atomic E-state index is -0.595. The Bertz CT molecular complexity index is 3790. The molecule has 0 fully saturated rings. The standard InChI is InChI=1S/C66H43N3/c1-6-22-44(23-7-1)60-43-61(45-24-8-2-9-25-45)68-64(67-60)69-62-40-49(66(48-30-14-5-15-31-48)56-35-19-16-32-50(56)51-33-17-20-36-57(51)66)38-39-53(62)55-41-54-52-34-18-21-37-58(52)65(59(54)42-63(55)69,46-26-10-3-11-27-46)47-28-12-4-13-29-47/h1-43H. The molecule has 10 aromatic carbocycles. The van der Waals surface area contributed by atoms with Gasteiger partial charge >= 0.3 is 0 Å². The molecule has 322 valence electrons. The Hall–Kier alpha value is -8.92. The minimum absolute atomic E-state index is 0.592. The average molecular weight is 878 g/mol. The summed E-state index contributed by atoms with van der Waals surface area (Å²) < 4.78 is 2.36. The number of aromatic nitrogens is 3. The summed E-state index contributed by atoms with van der Waals surface area (Å²) in [6.45, 7) is 0. The quantitative estimate of drug-likeness (QED) is 0.160. The first-order valence-corrected chi connectivity index (χ1v) is 23.8. The molecule has 3 nitrogen and oxygen atoms in total. The molecule has 2 aliphatic carbocycles. The zero-order chi connectivity index (χ0) is 45.5. The molecule has 14 rings (SSSR count). The van der Waals surface area contributed by atoms with Gasteiger partial charge in [-0.15, -0.1) is 0 Å². The van der Waals surface area contributed by atoms with Crippen LogP contribution >= 0.6 is 0 Å². The monoisotopic (exact) mass is 877 g/mol. The molecule has 69 heavy (non-hydrogen) atoms. The van der Waals surface area contributed by atoms with Crippen molar-refractivity contribution >= 4 is 21.8 Å². The molecule has 2 aromatic heterocycles. The van der Waals surface area contributed by atoms with Gasteiger partial charge in [-0.1, -0.05) is 237 Å². The maximum atomic E-state index is 5.58. The third-order valence-corrected chi connectivity index (χ3v) is 15.0. The second-order valence-electron chi connectivity index (χ2n) is 18.4. The van der Waals surface area contributed by atoms with Crippen LogP contribution in [0, 0.1) is 0 Å². The largest absolute Gasteiger partial charge is 0.278 e. The Balaban J connectivity index is 1.15. The first-order valence-electron chi connectivity index (χ1n) is 23.8. The number of hydrogen-bond donors (Lipinski definition) is 0. The lowest BCUT2D eigenvalue weighted by Crippen LogP contribution is -2.28. The van der Waals surface area contributed by atoms with Crippen LogP contribution in [0.4, 0.5) is 0 Å². The first-order chi connectivity index (χ1) is 34.2. The maximum Gasteiger partial charge on any atom is 0.235 e. The predicted molar refractivity (Wildman–Crippen MR) is 282 cm³/mol. The molecule has 0 unspecified atom stereocenters. The van der Waals surface area contributed by atoms with Crippen LogP contribution in [0.3, 0.4) is 0 Å². The van der Waals surface area contributed by atoms with E-state index in [1.165, 1.54) is 66.8 Å². The lowest BCUT2D eigenvalue weighted by atomic mass is 9.67. The van der Waals surface area contributed by atoms with Crippen LogP contribution in [0.5, 0.6) is 0 Å². The molecular formula is C66H43N3. The zero-order valence-electron chi connectivity index (χ0n) is 37.7. The summed E-state index contributed by atoms with van der Waals surface area (Å²) in [6, 6.07) is 95.4. The van der Waals surface area contributed by atoms with Crippen molar-refractivity contribution in [1.82, 2.24) is 14.5 Å². The van der Waals surface area contributed by atoms with Gasteiger partial charge in [0.1, 0.15) is 0 Å². The number of rotatable bonds is 7. The third kappa shape index (κ3) is 5.62. The highest BCUT2D eigenvalue weighted by atomic mass is 15.2. The number of nitrogens with zero attached hydrogens (tertiary/aromatic N) is 3. The zero-order valence-corrected chi connectivity index (χ0v) is 37.7. The van der Waals surface area contributed by atoms with Crippen molar-refractivity contribution in [2.45, 2.75) is 10.8 Å². The van der Waals surface area contributed by atoms with E-state index in [1.807, 2.05) is 0 Å². The molecule has 0 amide bonds. The fourth-order valence-corrected chi connectivity index (χ4v) is 12.2. The lowest BCUT2D eigenvalue weighted by molar-refractivity contribution is 0.768. The second-order valence-corrected chi connectivity index (χ2v) is 18.4. The van der Waals surface area contributed by atoms with Gasteiger partial charge in [-0.05, 0) is 91.0 Å². The summed E-state index contributed by atoms with van der Waals surface area (Å²) in [7, 11) is 0. The average Bonchev–Trinajstić information content (AvgIpc) is 4.03. The van der Waals surface area contributed by atoms with Crippen LogP contribution in [0.15, 0.2) is 261 Å². The normalized spacial score (nSPS) is 13.7. The van der Waals surface area contributed by atoms with Gasteiger partial charge in [0.05, 0.1) is 33.3 Å². The molecule has 0 radical (unpaired) electrons. The lowest BCUT2D eigenvalue weighted by Gasteiger charge is -2.34. The van der Waals surface area contributed by atoms with Gasteiger partial charge in [0.25, 0.3) is 0 Å². The Morgan fingerprint density at radius 1 is 0.275 bits per heavy atom. The molecule has 0 N–H and O–H groups in total. The summed E-state index contributed by atoms with van der Waals surface area (Å²) in [5, 5.41) is 2.29. The molecule has 0 saturated heterocycles. The van der Waals surface area contributed by atoms with Crippen LogP contribution in [-0.4, -0.2) is 14.5 Å². The van der Waals surface area contributed by atoms with Crippen molar-refractivity contribution in [3.8, 4) is 50.7 Å². The minimum Gasteiger partial charge on any atom is -0.278 e. The van der Waals surface area contributed by atoms with Gasteiger partial charge in [0.15, 0.2) is 0 Å². The van der Waals surface area contributed by atoms with E-state index < -0.39 is 10.8 Å². The third-order valence-electron chi connectivity index (χ3n) is 15.0. The van der Waals surface area contributed by atoms with Crippen molar-refractivity contribution in [1.29, 1.82) is 0 Å². The van der Waals surface area contributed by atoms with Crippen LogP contribution in [-0.2, 0) is 10.8 Å². The van der Waals surface area contributed by atoms with Gasteiger partial charge < -0.3 is 0 Å². The summed E-state index contributed by atoms with van der Waals surface area (Å²) in [5.41, 5.74) is 19.6. The summed E-state index contributed by atoms with van der Waals surface area (Å²) in [4.78, 5) is 11.2. The van der Waals surface area contributed by atoms with Crippen molar-refractivity contribution < 1.29 is 0 Å². The van der Waals surface area contributed by atoms with E-state index in [-0.39, 0.29) is 0 Å². The highest BCUT2D eigenvalue weighted by Crippen LogP contribution is 2.59. The van der Waals surface area contributed by atoms with Crippen molar-refractivity contribution in [3.05, 3.63) is 305 Å². The smallest absolute Gasteiger partial charge is 0.235 e. The maximum absolute atomic E-state index is 5.58. The highest BCUT2D eigenvalue weighted by Gasteiger charge is 2.48. The van der Waals surface area contributed by atoms with Gasteiger partial charge in [0.2, 0.25) is 5.95 Å². The van der Waals surface area contributed by atoms with E-state index >= 15 is 0 Å². The van der Waals surface area contributed by atoms with Gasteiger partial charge in [-0.2, -0.15) is 0 Å². The van der Waals surface area contributed by atoms with E-state index in [9.17, 15) is 0 Å². The fraction of sp³-hybridized carbons (Fsp3) is 0.0303. The van der Waals surface area contributed by atoms with Crippen LogP contribution in [0.1, 0.15) is 44.5 Å². The highest BCUT2D eigenvalue weighted by molar-refractivity contribution is 6.12. The Labute approximate surface area is 401 Å². The Morgan fingerprint density at radius 2 is 0.667 bits per heavy atom. The predicted octanol–water partition coefficient (Wildman–Crippen LogP) is 15.6. The van der Waals surface area contributed by atoms with E-state index in [0.717, 1.165) is 44.3 Å². The van der Waals surface area contributed by atoms with Gasteiger partial charge in [0, 0.05) is 21.9 Å². The van der Waals surface area contributed by atoms with Crippen LogP contribution < -0.4 is 0 Å². The van der Waals surface area contributed by atoms with Crippen molar-refractivity contribution in [2.24, 2.45) is 0 Å². The summed E-state index contributed by atoms with van der Waals surface area (Å²) in [5.74, 6) is 0.619. The molecule has 0 bridgehead atoms. The number of benzene rings is 10. The number of hydrogen-bond acceptors (Lipinski definition) is 2. The topological polar surface area (TPSA) is 30.7 Å². The van der Waals surface area contributed by atoms with Crippen molar-refractivity contribution in [3.63, 3.8) is 0 Å². The first kappa shape index (κ1) is 39.3. The molecule has 0 atom stereocenters. The SMILES string of the molecule is c1ccc(-c2cc(-c3ccccc3)nc(-n3c4cc(C5(c6ccccc6)c6ccccc6-c6ccccc65)ccc4c4cc5c(cc43)C(c3ccccc3)(c3ccccc3)c3ccccc3-5)n2)cc1. The Morgan fingerprint density at radius 3 is 1.14 bits per heavy atom. The number of fused-ring (bicyclic) bond motifs is 9. The van der Waals surface area contributed by atoms with Crippen molar-refractivity contribution in [2.75, 3.05) is 0 Å². The molecule has 3 heteroatoms. The Kier molecular flexibility index (Phi) is 8.71. The fourth-order valence-electron chi connectivity index (χ4n) is 12.2. The molecule has 12 aromatic rings. The molecule has 2 aliphatic rings. The second kappa shape index (κ2) is 15.3. The summed E-state index contributed by atoms with van der Waals surface area (Å²) >= 11 is 0. The molecule has 0 aliphatic heterocycles. The van der Waals surface area contributed by atoms with E-state index in [4.69, 9.17) is 9.97 Å². The van der Waals surface area contributed by atoms with E-state index in [1.54, 1.807) is 0 Å². The molecule has 0 saturated carbocycles. The summed E-state index contributed by atoms with van der Waals surface area (Å²) in [6.07, 6.45) is 0. The van der Waals surface area contributed by atoms with Gasteiger partial charge in [-0.3, -0.25) is 4.57 Å². The van der Waals surface area contributed by atoms with E-state index in [2.05, 4.69) is 265 Å². The molecule has 2 heterocycles. The van der Waals surface area contributed by atoms with Gasteiger partial charge in [-0.25, -0.2) is 9.97 Å².